The van der Waals surface area contributed by atoms with Gasteiger partial charge in [-0.1, -0.05) is 30.3 Å². The molecule has 0 atom stereocenters. The van der Waals surface area contributed by atoms with E-state index in [9.17, 15) is 23.9 Å². The standard InChI is InChI=1S/C27H18FN3O4S/c28-19-8-10-20(11-9-19)31-25(33)22(24(32)29-27(31)36)13-18-15-30(23-7-2-1-6-21(18)23)14-16-4-3-5-17(12-16)26(34)35/h1-13,15H,14H2,(H,34,35)(H,29,32,36)/b22-13-. The first kappa shape index (κ1) is 23.1. The summed E-state index contributed by atoms with van der Waals surface area (Å²) in [4.78, 5) is 38.6. The van der Waals surface area contributed by atoms with E-state index in [-0.39, 0.29) is 16.2 Å². The van der Waals surface area contributed by atoms with Gasteiger partial charge in [0.25, 0.3) is 11.8 Å². The molecule has 36 heavy (non-hydrogen) atoms. The van der Waals surface area contributed by atoms with Crippen molar-refractivity contribution in [2.75, 3.05) is 4.90 Å². The van der Waals surface area contributed by atoms with Gasteiger partial charge in [-0.3, -0.25) is 19.8 Å². The first-order valence-electron chi connectivity index (χ1n) is 10.9. The molecular weight excluding hydrogens is 481 g/mol. The normalized spacial score (nSPS) is 15.0. The van der Waals surface area contributed by atoms with Crippen LogP contribution in [0.15, 0.2) is 84.6 Å². The summed E-state index contributed by atoms with van der Waals surface area (Å²) in [6, 6.07) is 19.4. The van der Waals surface area contributed by atoms with Crippen LogP contribution in [0.2, 0.25) is 0 Å². The Bertz CT molecular complexity index is 1590. The number of amides is 2. The van der Waals surface area contributed by atoms with Crippen molar-refractivity contribution in [1.29, 1.82) is 0 Å². The summed E-state index contributed by atoms with van der Waals surface area (Å²) in [6.45, 7) is 0.386. The third-order valence-electron chi connectivity index (χ3n) is 5.83. The molecule has 9 heteroatoms. The van der Waals surface area contributed by atoms with Crippen molar-refractivity contribution in [3.05, 3.63) is 107 Å². The number of halogens is 1. The molecule has 0 aliphatic carbocycles. The number of aromatic carboxylic acids is 1. The predicted octanol–water partition coefficient (Wildman–Crippen LogP) is 4.36. The summed E-state index contributed by atoms with van der Waals surface area (Å²) in [5.74, 6) is -2.73. The molecule has 0 saturated carbocycles. The Morgan fingerprint density at radius 1 is 1.03 bits per heavy atom. The van der Waals surface area contributed by atoms with E-state index in [1.165, 1.54) is 36.4 Å². The van der Waals surface area contributed by atoms with Gasteiger partial charge in [0.1, 0.15) is 11.4 Å². The number of nitrogens with one attached hydrogen (secondary N) is 1. The fourth-order valence-electron chi connectivity index (χ4n) is 4.16. The minimum Gasteiger partial charge on any atom is -0.478 e. The number of thiocarbonyl (C=S) groups is 1. The van der Waals surface area contributed by atoms with Gasteiger partial charge >= 0.3 is 5.97 Å². The zero-order valence-corrected chi connectivity index (χ0v) is 19.5. The summed E-state index contributed by atoms with van der Waals surface area (Å²) in [5, 5.41) is 12.5. The van der Waals surface area contributed by atoms with Crippen molar-refractivity contribution >= 4 is 57.8 Å². The Labute approximate surface area is 210 Å². The average molecular weight is 500 g/mol. The van der Waals surface area contributed by atoms with Crippen molar-refractivity contribution in [2.45, 2.75) is 6.54 Å². The van der Waals surface area contributed by atoms with Gasteiger partial charge in [0, 0.05) is 29.2 Å². The van der Waals surface area contributed by atoms with Crippen molar-refractivity contribution < 1.29 is 23.9 Å². The monoisotopic (exact) mass is 499 g/mol. The number of carbonyl (C=O) groups is 3. The zero-order valence-electron chi connectivity index (χ0n) is 18.6. The third kappa shape index (κ3) is 4.27. The fraction of sp³-hybridized carbons (Fsp3) is 0.0370. The second-order valence-electron chi connectivity index (χ2n) is 8.17. The second-order valence-corrected chi connectivity index (χ2v) is 8.56. The Hall–Kier alpha value is -4.63. The van der Waals surface area contributed by atoms with Crippen molar-refractivity contribution in [2.24, 2.45) is 0 Å². The van der Waals surface area contributed by atoms with Crippen LogP contribution in [-0.2, 0) is 16.1 Å². The minimum atomic E-state index is -1.01. The molecule has 4 aromatic rings. The highest BCUT2D eigenvalue weighted by molar-refractivity contribution is 7.80. The summed E-state index contributed by atoms with van der Waals surface area (Å²) >= 11 is 5.20. The third-order valence-corrected chi connectivity index (χ3v) is 6.12. The van der Waals surface area contributed by atoms with Crippen LogP contribution in [0.1, 0.15) is 21.5 Å². The number of anilines is 1. The van der Waals surface area contributed by atoms with Crippen LogP contribution >= 0.6 is 12.2 Å². The predicted molar refractivity (Wildman–Crippen MR) is 137 cm³/mol. The maximum absolute atomic E-state index is 13.4. The van der Waals surface area contributed by atoms with Crippen LogP contribution < -0.4 is 10.2 Å². The fourth-order valence-corrected chi connectivity index (χ4v) is 4.44. The van der Waals surface area contributed by atoms with Gasteiger partial charge in [-0.2, -0.15) is 0 Å². The molecule has 3 aromatic carbocycles. The largest absolute Gasteiger partial charge is 0.478 e. The van der Waals surface area contributed by atoms with Gasteiger partial charge < -0.3 is 9.67 Å². The van der Waals surface area contributed by atoms with E-state index >= 15 is 0 Å². The molecule has 0 unspecified atom stereocenters. The number of fused-ring (bicyclic) bond motifs is 1. The lowest BCUT2D eigenvalue weighted by Gasteiger charge is -2.28. The molecule has 2 heterocycles. The number of benzene rings is 3. The van der Waals surface area contributed by atoms with E-state index < -0.39 is 23.6 Å². The van der Waals surface area contributed by atoms with E-state index in [1.54, 1.807) is 18.3 Å². The van der Waals surface area contributed by atoms with Gasteiger partial charge in [0.15, 0.2) is 5.11 Å². The smallest absolute Gasteiger partial charge is 0.335 e. The number of aromatic nitrogens is 1. The lowest BCUT2D eigenvalue weighted by atomic mass is 10.1. The molecule has 1 aliphatic heterocycles. The Kier molecular flexibility index (Phi) is 5.91. The van der Waals surface area contributed by atoms with Crippen LogP contribution in [0.3, 0.4) is 0 Å². The van der Waals surface area contributed by atoms with E-state index in [0.29, 0.717) is 17.8 Å². The van der Waals surface area contributed by atoms with Crippen LogP contribution in [0.4, 0.5) is 10.1 Å². The lowest BCUT2D eigenvalue weighted by molar-refractivity contribution is -0.122. The number of hydrogen-bond donors (Lipinski definition) is 2. The molecule has 0 bridgehead atoms. The topological polar surface area (TPSA) is 91.6 Å². The number of para-hydroxylation sites is 1. The van der Waals surface area contributed by atoms with E-state index in [0.717, 1.165) is 21.4 Å². The summed E-state index contributed by atoms with van der Waals surface area (Å²) < 4.78 is 15.3. The van der Waals surface area contributed by atoms with Gasteiger partial charge in [-0.05, 0) is 66.3 Å². The molecule has 0 radical (unpaired) electrons. The highest BCUT2D eigenvalue weighted by Gasteiger charge is 2.34. The maximum Gasteiger partial charge on any atom is 0.335 e. The molecule has 0 spiro atoms. The van der Waals surface area contributed by atoms with Gasteiger partial charge in [0.05, 0.1) is 11.3 Å². The highest BCUT2D eigenvalue weighted by atomic mass is 32.1. The molecule has 5 rings (SSSR count). The van der Waals surface area contributed by atoms with Crippen LogP contribution in [-0.4, -0.2) is 32.6 Å². The number of carbonyl (C=O) groups excluding carboxylic acids is 2. The second kappa shape index (κ2) is 9.20. The first-order chi connectivity index (χ1) is 17.3. The van der Waals surface area contributed by atoms with Gasteiger partial charge in [-0.25, -0.2) is 9.18 Å². The van der Waals surface area contributed by atoms with Gasteiger partial charge in [0.2, 0.25) is 0 Å². The Balaban J connectivity index is 1.55. The Morgan fingerprint density at radius 2 is 1.78 bits per heavy atom. The summed E-state index contributed by atoms with van der Waals surface area (Å²) in [5.41, 5.74) is 2.66. The number of carboxylic acids is 1. The van der Waals surface area contributed by atoms with Crippen LogP contribution in [0.25, 0.3) is 17.0 Å². The average Bonchev–Trinajstić information content (AvgIpc) is 3.20. The molecule has 1 aliphatic rings. The quantitative estimate of drug-likeness (QED) is 0.242. The molecule has 1 saturated heterocycles. The SMILES string of the molecule is O=C1NC(=S)N(c2ccc(F)cc2)C(=O)/C1=C\c1cn(Cc2cccc(C(=O)O)c2)c2ccccc12. The molecule has 2 amide bonds. The molecule has 2 N–H and O–H groups in total. The molecule has 1 aromatic heterocycles. The van der Waals surface area contributed by atoms with E-state index in [4.69, 9.17) is 12.2 Å². The van der Waals surface area contributed by atoms with Crippen molar-refractivity contribution in [3.8, 4) is 0 Å². The zero-order chi connectivity index (χ0) is 25.4. The summed E-state index contributed by atoms with van der Waals surface area (Å²) in [7, 11) is 0. The summed E-state index contributed by atoms with van der Waals surface area (Å²) in [6.07, 6.45) is 3.31. The lowest BCUT2D eigenvalue weighted by Crippen LogP contribution is -2.54. The minimum absolute atomic E-state index is 0.0884. The highest BCUT2D eigenvalue weighted by Crippen LogP contribution is 2.27. The van der Waals surface area contributed by atoms with E-state index in [1.807, 2.05) is 34.9 Å². The number of nitrogens with zero attached hydrogens (tertiary/aromatic N) is 2. The van der Waals surface area contributed by atoms with Gasteiger partial charge in [-0.15, -0.1) is 0 Å². The number of rotatable bonds is 5. The first-order valence-corrected chi connectivity index (χ1v) is 11.3. The number of hydrogen-bond acceptors (Lipinski definition) is 4. The maximum atomic E-state index is 13.4. The van der Waals surface area contributed by atoms with Crippen LogP contribution in [0.5, 0.6) is 0 Å². The Morgan fingerprint density at radius 3 is 2.53 bits per heavy atom. The molecule has 178 valence electrons. The van der Waals surface area contributed by atoms with Crippen LogP contribution in [0, 0.1) is 5.82 Å². The van der Waals surface area contributed by atoms with E-state index in [2.05, 4.69) is 5.32 Å². The molecular formula is C27H18FN3O4S. The number of carboxylic acid groups (broad SMARTS) is 1. The van der Waals surface area contributed by atoms with Crippen molar-refractivity contribution in [1.82, 2.24) is 9.88 Å². The molecule has 7 nitrogen and oxygen atoms in total. The van der Waals surface area contributed by atoms with Crippen molar-refractivity contribution in [3.63, 3.8) is 0 Å². The molecule has 1 fully saturated rings.